The minimum absolute atomic E-state index is 0.0131. The lowest BCUT2D eigenvalue weighted by atomic mass is 10.1. The first-order chi connectivity index (χ1) is 10.5. The maximum Gasteiger partial charge on any atom is 0.269 e. The first-order valence-corrected chi connectivity index (χ1v) is 6.37. The Balaban J connectivity index is 1.99. The highest BCUT2D eigenvalue weighted by atomic mass is 19.1. The first kappa shape index (κ1) is 15.4. The number of nitro groups is 1. The SMILES string of the molecule is N#Cc1cc(F)c(NCCc2ccc([N+](=O)[O-])cc2)c(F)c1. The Bertz CT molecular complexity index is 716. The summed E-state index contributed by atoms with van der Waals surface area (Å²) in [5, 5.41) is 21.8. The van der Waals surface area contributed by atoms with Crippen molar-refractivity contribution in [1.82, 2.24) is 0 Å². The van der Waals surface area contributed by atoms with Gasteiger partial charge in [-0.1, -0.05) is 12.1 Å². The van der Waals surface area contributed by atoms with Gasteiger partial charge in [-0.2, -0.15) is 5.26 Å². The van der Waals surface area contributed by atoms with Crippen LogP contribution in [-0.2, 0) is 6.42 Å². The largest absolute Gasteiger partial charge is 0.380 e. The molecule has 2 aromatic rings. The second-order valence-electron chi connectivity index (χ2n) is 4.53. The normalized spacial score (nSPS) is 10.0. The molecule has 0 aliphatic rings. The van der Waals surface area contributed by atoms with E-state index < -0.39 is 16.6 Å². The predicted octanol–water partition coefficient (Wildman–Crippen LogP) is 3.40. The van der Waals surface area contributed by atoms with Crippen LogP contribution in [0, 0.1) is 33.1 Å². The van der Waals surface area contributed by atoms with Crippen LogP contribution in [0.1, 0.15) is 11.1 Å². The molecule has 0 radical (unpaired) electrons. The van der Waals surface area contributed by atoms with Gasteiger partial charge >= 0.3 is 0 Å². The zero-order valence-corrected chi connectivity index (χ0v) is 11.3. The molecular weight excluding hydrogens is 292 g/mol. The van der Waals surface area contributed by atoms with E-state index in [0.717, 1.165) is 17.7 Å². The number of non-ortho nitro benzene ring substituents is 1. The summed E-state index contributed by atoms with van der Waals surface area (Å²) in [5.74, 6) is -1.67. The van der Waals surface area contributed by atoms with Gasteiger partial charge in [-0.25, -0.2) is 8.78 Å². The number of rotatable bonds is 5. The van der Waals surface area contributed by atoms with Gasteiger partial charge < -0.3 is 5.32 Å². The summed E-state index contributed by atoms with van der Waals surface area (Å²) in [6, 6.07) is 9.50. The van der Waals surface area contributed by atoms with Crippen LogP contribution in [0.5, 0.6) is 0 Å². The van der Waals surface area contributed by atoms with Crippen LogP contribution in [0.2, 0.25) is 0 Å². The lowest BCUT2D eigenvalue weighted by Gasteiger charge is -2.09. The molecule has 0 unspecified atom stereocenters. The van der Waals surface area contributed by atoms with E-state index in [1.165, 1.54) is 12.1 Å². The topological polar surface area (TPSA) is 79.0 Å². The molecule has 0 saturated heterocycles. The van der Waals surface area contributed by atoms with E-state index in [-0.39, 0.29) is 23.5 Å². The van der Waals surface area contributed by atoms with Gasteiger partial charge in [0.1, 0.15) is 5.69 Å². The molecule has 0 amide bonds. The highest BCUT2D eigenvalue weighted by molar-refractivity contribution is 5.50. The zero-order valence-electron chi connectivity index (χ0n) is 11.3. The van der Waals surface area contributed by atoms with E-state index in [0.29, 0.717) is 6.42 Å². The lowest BCUT2D eigenvalue weighted by Crippen LogP contribution is -2.08. The Hall–Kier alpha value is -3.01. The molecule has 0 aromatic heterocycles. The molecule has 0 spiro atoms. The van der Waals surface area contributed by atoms with Crippen molar-refractivity contribution < 1.29 is 13.7 Å². The Kier molecular flexibility index (Phi) is 4.63. The van der Waals surface area contributed by atoms with Crippen molar-refractivity contribution in [3.05, 3.63) is 69.3 Å². The highest BCUT2D eigenvalue weighted by Crippen LogP contribution is 2.20. The van der Waals surface area contributed by atoms with Gasteiger partial charge in [0.25, 0.3) is 5.69 Å². The van der Waals surface area contributed by atoms with Crippen LogP contribution in [-0.4, -0.2) is 11.5 Å². The van der Waals surface area contributed by atoms with Crippen molar-refractivity contribution in [3.8, 4) is 6.07 Å². The summed E-state index contributed by atoms with van der Waals surface area (Å²) >= 11 is 0. The van der Waals surface area contributed by atoms with Gasteiger partial charge in [0.05, 0.1) is 16.6 Å². The third kappa shape index (κ3) is 3.55. The van der Waals surface area contributed by atoms with Crippen molar-refractivity contribution in [2.24, 2.45) is 0 Å². The van der Waals surface area contributed by atoms with Gasteiger partial charge in [-0.15, -0.1) is 0 Å². The average Bonchev–Trinajstić information content (AvgIpc) is 2.50. The fourth-order valence-corrected chi connectivity index (χ4v) is 1.92. The van der Waals surface area contributed by atoms with Gasteiger partial charge in [0, 0.05) is 18.7 Å². The highest BCUT2D eigenvalue weighted by Gasteiger charge is 2.11. The summed E-state index contributed by atoms with van der Waals surface area (Å²) in [6.07, 6.45) is 0.441. The maximum atomic E-state index is 13.6. The number of nitriles is 1. The quantitative estimate of drug-likeness (QED) is 0.678. The van der Waals surface area contributed by atoms with Gasteiger partial charge in [0.2, 0.25) is 0 Å². The second kappa shape index (κ2) is 6.63. The van der Waals surface area contributed by atoms with Crippen molar-refractivity contribution in [1.29, 1.82) is 5.26 Å². The molecule has 0 heterocycles. The average molecular weight is 303 g/mol. The van der Waals surface area contributed by atoms with Gasteiger partial charge in [0.15, 0.2) is 11.6 Å². The van der Waals surface area contributed by atoms with Crippen LogP contribution in [0.15, 0.2) is 36.4 Å². The van der Waals surface area contributed by atoms with Crippen LogP contribution >= 0.6 is 0 Å². The fraction of sp³-hybridized carbons (Fsp3) is 0.133. The summed E-state index contributed by atoms with van der Waals surface area (Å²) in [5.41, 5.74) is 0.408. The van der Waals surface area contributed by atoms with Crippen molar-refractivity contribution in [2.75, 3.05) is 11.9 Å². The molecule has 0 saturated carbocycles. The number of halogens is 2. The van der Waals surface area contributed by atoms with Gasteiger partial charge in [-0.05, 0) is 24.1 Å². The lowest BCUT2D eigenvalue weighted by molar-refractivity contribution is -0.384. The van der Waals surface area contributed by atoms with E-state index in [1.54, 1.807) is 18.2 Å². The molecule has 2 aromatic carbocycles. The third-order valence-electron chi connectivity index (χ3n) is 3.03. The first-order valence-electron chi connectivity index (χ1n) is 6.37. The predicted molar refractivity (Wildman–Crippen MR) is 76.4 cm³/mol. The zero-order chi connectivity index (χ0) is 16.1. The molecule has 0 bridgehead atoms. The van der Waals surface area contributed by atoms with E-state index in [4.69, 9.17) is 5.26 Å². The minimum atomic E-state index is -0.833. The second-order valence-corrected chi connectivity index (χ2v) is 4.53. The number of hydrogen-bond acceptors (Lipinski definition) is 4. The number of nitrogens with zero attached hydrogens (tertiary/aromatic N) is 2. The van der Waals surface area contributed by atoms with E-state index in [9.17, 15) is 18.9 Å². The van der Waals surface area contributed by atoms with Crippen molar-refractivity contribution in [3.63, 3.8) is 0 Å². The molecule has 0 aliphatic carbocycles. The third-order valence-corrected chi connectivity index (χ3v) is 3.03. The number of nitrogens with one attached hydrogen (secondary N) is 1. The number of hydrogen-bond donors (Lipinski definition) is 1. The standard InChI is InChI=1S/C15H11F2N3O2/c16-13-7-11(9-18)8-14(17)15(13)19-6-5-10-1-3-12(4-2-10)20(21)22/h1-4,7-8,19H,5-6H2. The molecule has 0 atom stereocenters. The molecule has 7 heteroatoms. The molecule has 1 N–H and O–H groups in total. The molecule has 22 heavy (non-hydrogen) atoms. The number of anilines is 1. The summed E-state index contributed by atoms with van der Waals surface area (Å²) in [7, 11) is 0. The molecule has 0 fully saturated rings. The molecule has 5 nitrogen and oxygen atoms in total. The summed E-state index contributed by atoms with van der Waals surface area (Å²) < 4.78 is 27.3. The molecular formula is C15H11F2N3O2. The summed E-state index contributed by atoms with van der Waals surface area (Å²) in [4.78, 5) is 10.0. The minimum Gasteiger partial charge on any atom is -0.380 e. The van der Waals surface area contributed by atoms with Gasteiger partial charge in [-0.3, -0.25) is 10.1 Å². The Morgan fingerprint density at radius 3 is 2.27 bits per heavy atom. The van der Waals surface area contributed by atoms with Crippen molar-refractivity contribution in [2.45, 2.75) is 6.42 Å². The summed E-state index contributed by atoms with van der Waals surface area (Å²) in [6.45, 7) is 0.248. The van der Waals surface area contributed by atoms with Crippen LogP contribution in [0.3, 0.4) is 0 Å². The monoisotopic (exact) mass is 303 g/mol. The van der Waals surface area contributed by atoms with Crippen LogP contribution in [0.4, 0.5) is 20.2 Å². The number of nitro benzene ring substituents is 1. The Morgan fingerprint density at radius 1 is 1.18 bits per heavy atom. The number of benzene rings is 2. The van der Waals surface area contributed by atoms with Crippen molar-refractivity contribution >= 4 is 11.4 Å². The smallest absolute Gasteiger partial charge is 0.269 e. The van der Waals surface area contributed by atoms with E-state index in [2.05, 4.69) is 5.32 Å². The maximum absolute atomic E-state index is 13.6. The Labute approximate surface area is 125 Å². The van der Waals surface area contributed by atoms with Crippen LogP contribution in [0.25, 0.3) is 0 Å². The molecule has 112 valence electrons. The molecule has 2 rings (SSSR count). The van der Waals surface area contributed by atoms with E-state index >= 15 is 0 Å². The fourth-order valence-electron chi connectivity index (χ4n) is 1.92. The Morgan fingerprint density at radius 2 is 1.77 bits per heavy atom. The van der Waals surface area contributed by atoms with Crippen LogP contribution < -0.4 is 5.32 Å². The molecule has 0 aliphatic heterocycles. The van der Waals surface area contributed by atoms with E-state index in [1.807, 2.05) is 0 Å².